The molecule has 1 aliphatic rings. The van der Waals surface area contributed by atoms with E-state index in [4.69, 9.17) is 16.6 Å². The second-order valence-electron chi connectivity index (χ2n) is 8.79. The Labute approximate surface area is 190 Å². The molecule has 3 aromatic rings. The largest absolute Gasteiger partial charge is 0.331 e. The number of imidazole rings is 1. The third-order valence-electron chi connectivity index (χ3n) is 5.84. The van der Waals surface area contributed by atoms with Crippen LogP contribution in [0.1, 0.15) is 61.8 Å². The molecule has 1 heterocycles. The molecule has 0 bridgehead atoms. The molecule has 0 unspecified atom stereocenters. The highest BCUT2D eigenvalue weighted by atomic mass is 35.5. The molecule has 0 radical (unpaired) electrons. The maximum absolute atomic E-state index is 14.4. The molecule has 1 saturated carbocycles. The molecule has 8 heteroatoms. The molecular weight excluding hydrogens is 439 g/mol. The monoisotopic (exact) mass is 463 g/mol. The van der Waals surface area contributed by atoms with Gasteiger partial charge in [0, 0.05) is 29.7 Å². The van der Waals surface area contributed by atoms with Crippen LogP contribution in [-0.2, 0) is 6.54 Å². The Kier molecular flexibility index (Phi) is 6.47. The first kappa shape index (κ1) is 22.6. The van der Waals surface area contributed by atoms with Crippen LogP contribution >= 0.6 is 11.6 Å². The van der Waals surface area contributed by atoms with Gasteiger partial charge in [0.2, 0.25) is 0 Å². The maximum Gasteiger partial charge on any atom is 0.260 e. The highest BCUT2D eigenvalue weighted by molar-refractivity contribution is 6.31. The number of amides is 1. The third kappa shape index (κ3) is 4.49. The third-order valence-corrected chi connectivity index (χ3v) is 6.08. The van der Waals surface area contributed by atoms with Gasteiger partial charge in [-0.25, -0.2) is 18.2 Å². The van der Waals surface area contributed by atoms with Crippen LogP contribution in [0.25, 0.3) is 11.0 Å². The van der Waals surface area contributed by atoms with Crippen LogP contribution in [0.4, 0.5) is 13.2 Å². The van der Waals surface area contributed by atoms with E-state index in [1.165, 1.54) is 4.90 Å². The normalized spacial score (nSPS) is 14.6. The van der Waals surface area contributed by atoms with Crippen molar-refractivity contribution < 1.29 is 18.0 Å². The molecule has 0 aliphatic heterocycles. The van der Waals surface area contributed by atoms with Gasteiger partial charge in [0.05, 0.1) is 17.6 Å². The quantitative estimate of drug-likeness (QED) is 0.417. The zero-order valence-electron chi connectivity index (χ0n) is 18.0. The lowest BCUT2D eigenvalue weighted by atomic mass is 10.1. The maximum atomic E-state index is 14.4. The molecule has 0 N–H and O–H groups in total. The number of benzene rings is 2. The van der Waals surface area contributed by atoms with Crippen molar-refractivity contribution in [3.05, 3.63) is 64.2 Å². The number of carbonyl (C=O) groups excluding carboxylic acids is 1. The minimum Gasteiger partial charge on any atom is -0.331 e. The molecule has 0 saturated heterocycles. The molecular formula is C24H25ClF3N3O. The molecule has 4 nitrogen and oxygen atoms in total. The minimum atomic E-state index is -1.21. The molecule has 170 valence electrons. The predicted molar refractivity (Wildman–Crippen MR) is 118 cm³/mol. The number of rotatable bonds is 6. The predicted octanol–water partition coefficient (Wildman–Crippen LogP) is 6.52. The second kappa shape index (κ2) is 9.14. The lowest BCUT2D eigenvalue weighted by molar-refractivity contribution is 0.0705. The number of nitrogens with zero attached hydrogens (tertiary/aromatic N) is 3. The van der Waals surface area contributed by atoms with Crippen molar-refractivity contribution in [1.29, 1.82) is 0 Å². The molecule has 1 fully saturated rings. The van der Waals surface area contributed by atoms with Crippen LogP contribution in [0, 0.1) is 23.4 Å². The summed E-state index contributed by atoms with van der Waals surface area (Å²) in [6.07, 6.45) is 4.19. The zero-order chi connectivity index (χ0) is 23.0. The van der Waals surface area contributed by atoms with E-state index in [1.54, 1.807) is 6.07 Å². The number of halogens is 4. The Balaban J connectivity index is 1.77. The van der Waals surface area contributed by atoms with Gasteiger partial charge in [0.1, 0.15) is 28.8 Å². The number of hydrogen-bond acceptors (Lipinski definition) is 2. The van der Waals surface area contributed by atoms with E-state index < -0.39 is 28.9 Å². The Morgan fingerprint density at radius 1 is 1.16 bits per heavy atom. The van der Waals surface area contributed by atoms with E-state index in [1.807, 2.05) is 26.0 Å². The van der Waals surface area contributed by atoms with E-state index in [2.05, 4.69) is 4.57 Å². The minimum absolute atomic E-state index is 0.0456. The summed E-state index contributed by atoms with van der Waals surface area (Å²) in [7, 11) is 0. The lowest BCUT2D eigenvalue weighted by Gasteiger charge is -2.26. The molecule has 1 amide bonds. The highest BCUT2D eigenvalue weighted by Crippen LogP contribution is 2.35. The van der Waals surface area contributed by atoms with E-state index >= 15 is 0 Å². The van der Waals surface area contributed by atoms with Crippen LogP contribution < -0.4 is 0 Å². The van der Waals surface area contributed by atoms with Crippen molar-refractivity contribution in [3.8, 4) is 0 Å². The second-order valence-corrected chi connectivity index (χ2v) is 9.23. The summed E-state index contributed by atoms with van der Waals surface area (Å²) in [5.74, 6) is -3.62. The molecule has 1 aromatic heterocycles. The summed E-state index contributed by atoms with van der Waals surface area (Å²) in [5.41, 5.74) is 0.890. The first-order chi connectivity index (χ1) is 15.2. The van der Waals surface area contributed by atoms with Crippen LogP contribution in [-0.4, -0.2) is 26.9 Å². The number of carbonyl (C=O) groups is 1. The van der Waals surface area contributed by atoms with Gasteiger partial charge in [-0.15, -0.1) is 0 Å². The van der Waals surface area contributed by atoms with Gasteiger partial charge in [-0.2, -0.15) is 0 Å². The van der Waals surface area contributed by atoms with Crippen molar-refractivity contribution in [1.82, 2.24) is 14.5 Å². The van der Waals surface area contributed by atoms with E-state index in [0.717, 1.165) is 36.7 Å². The SMILES string of the molecule is CC(C)CN(Cc1nc2ccc(Cl)cc2n1C1CCCC1)C(=O)c1c(F)cc(F)cc1F. The number of fused-ring (bicyclic) bond motifs is 1. The molecule has 2 aromatic carbocycles. The summed E-state index contributed by atoms with van der Waals surface area (Å²) in [6, 6.07) is 6.74. The average molecular weight is 464 g/mol. The number of hydrogen-bond donors (Lipinski definition) is 0. The Hall–Kier alpha value is -2.54. The van der Waals surface area contributed by atoms with Gasteiger partial charge in [-0.05, 0) is 37.0 Å². The van der Waals surface area contributed by atoms with E-state index in [0.29, 0.717) is 23.0 Å². The Bertz CT molecular complexity index is 1130. The first-order valence-corrected chi connectivity index (χ1v) is 11.2. The van der Waals surface area contributed by atoms with Crippen LogP contribution in [0.3, 0.4) is 0 Å². The summed E-state index contributed by atoms with van der Waals surface area (Å²) >= 11 is 6.24. The van der Waals surface area contributed by atoms with Crippen molar-refractivity contribution in [2.75, 3.05) is 6.54 Å². The van der Waals surface area contributed by atoms with Crippen LogP contribution in [0.15, 0.2) is 30.3 Å². The molecule has 0 atom stereocenters. The molecule has 32 heavy (non-hydrogen) atoms. The van der Waals surface area contributed by atoms with Gasteiger partial charge in [-0.3, -0.25) is 4.79 Å². The molecule has 0 spiro atoms. The Morgan fingerprint density at radius 2 is 1.81 bits per heavy atom. The fourth-order valence-electron chi connectivity index (χ4n) is 4.53. The average Bonchev–Trinajstić information content (AvgIpc) is 3.33. The molecule has 1 aliphatic carbocycles. The topological polar surface area (TPSA) is 38.1 Å². The first-order valence-electron chi connectivity index (χ1n) is 10.8. The van der Waals surface area contributed by atoms with Gasteiger partial charge >= 0.3 is 0 Å². The molecule has 4 rings (SSSR count). The van der Waals surface area contributed by atoms with E-state index in [-0.39, 0.29) is 25.0 Å². The van der Waals surface area contributed by atoms with Crippen molar-refractivity contribution in [3.63, 3.8) is 0 Å². The van der Waals surface area contributed by atoms with Crippen molar-refractivity contribution in [2.45, 2.75) is 52.1 Å². The fraction of sp³-hybridized carbons (Fsp3) is 0.417. The van der Waals surface area contributed by atoms with Gasteiger partial charge in [-0.1, -0.05) is 38.3 Å². The van der Waals surface area contributed by atoms with E-state index in [9.17, 15) is 18.0 Å². The summed E-state index contributed by atoms with van der Waals surface area (Å²) in [6.45, 7) is 4.18. The summed E-state index contributed by atoms with van der Waals surface area (Å²) in [5, 5.41) is 0.591. The standard InChI is InChI=1S/C24H25ClF3N3O/c1-14(2)12-30(24(32)23-18(27)10-16(26)11-19(23)28)13-22-29-20-8-7-15(25)9-21(20)31(22)17-5-3-4-6-17/h7-11,14,17H,3-6,12-13H2,1-2H3. The fourth-order valence-corrected chi connectivity index (χ4v) is 4.70. The van der Waals surface area contributed by atoms with Crippen molar-refractivity contribution >= 4 is 28.5 Å². The van der Waals surface area contributed by atoms with Gasteiger partial charge in [0.25, 0.3) is 5.91 Å². The zero-order valence-corrected chi connectivity index (χ0v) is 18.8. The van der Waals surface area contributed by atoms with Crippen molar-refractivity contribution in [2.24, 2.45) is 5.92 Å². The Morgan fingerprint density at radius 3 is 2.44 bits per heavy atom. The highest BCUT2D eigenvalue weighted by Gasteiger charge is 2.29. The number of aromatic nitrogens is 2. The lowest BCUT2D eigenvalue weighted by Crippen LogP contribution is -2.36. The van der Waals surface area contributed by atoms with Gasteiger partial charge < -0.3 is 9.47 Å². The van der Waals surface area contributed by atoms with Gasteiger partial charge in [0.15, 0.2) is 0 Å². The van der Waals surface area contributed by atoms with Crippen LogP contribution in [0.5, 0.6) is 0 Å². The smallest absolute Gasteiger partial charge is 0.260 e. The van der Waals surface area contributed by atoms with Crippen LogP contribution in [0.2, 0.25) is 5.02 Å². The summed E-state index contributed by atoms with van der Waals surface area (Å²) in [4.78, 5) is 19.3. The summed E-state index contributed by atoms with van der Waals surface area (Å²) < 4.78 is 44.2.